The molecule has 0 amide bonds. The molecule has 1 N–H and O–H groups in total. The predicted molar refractivity (Wildman–Crippen MR) is 96.0 cm³/mol. The van der Waals surface area contributed by atoms with Gasteiger partial charge in [0.1, 0.15) is 0 Å². The Kier molecular flexibility index (Phi) is 7.81. The second-order valence-electron chi connectivity index (χ2n) is 6.03. The maximum Gasteiger partial charge on any atom is 0.240 e. The molecule has 0 heterocycles. The van der Waals surface area contributed by atoms with Gasteiger partial charge in [-0.3, -0.25) is 0 Å². The molecule has 0 unspecified atom stereocenters. The molecule has 0 aliphatic carbocycles. The van der Waals surface area contributed by atoms with E-state index in [1.54, 1.807) is 12.1 Å². The Labute approximate surface area is 145 Å². The van der Waals surface area contributed by atoms with Gasteiger partial charge in [-0.2, -0.15) is 0 Å². The number of nitrogens with zero attached hydrogens (tertiary/aromatic N) is 2. The fourth-order valence-electron chi connectivity index (χ4n) is 2.11. The lowest BCUT2D eigenvalue weighted by atomic mass is 10.2. The summed E-state index contributed by atoms with van der Waals surface area (Å²) in [6, 6.07) is 6.50. The van der Waals surface area contributed by atoms with Gasteiger partial charge in [0.15, 0.2) is 0 Å². The SMILES string of the molecule is Cc1ccc(S(=O)(=O)NCCN(CCCN(C)C)S(C)(=O)=O)cc1. The molecule has 0 atom stereocenters. The van der Waals surface area contributed by atoms with Gasteiger partial charge < -0.3 is 4.90 Å². The number of hydrogen-bond donors (Lipinski definition) is 1. The van der Waals surface area contributed by atoms with E-state index in [9.17, 15) is 16.8 Å². The van der Waals surface area contributed by atoms with Crippen molar-refractivity contribution in [1.82, 2.24) is 13.9 Å². The molecule has 0 aromatic heterocycles. The van der Waals surface area contributed by atoms with Gasteiger partial charge in [0.25, 0.3) is 0 Å². The maximum absolute atomic E-state index is 12.2. The highest BCUT2D eigenvalue weighted by atomic mass is 32.2. The average molecular weight is 378 g/mol. The monoisotopic (exact) mass is 377 g/mol. The van der Waals surface area contributed by atoms with Gasteiger partial charge in [-0.05, 0) is 46.1 Å². The molecule has 0 aliphatic rings. The lowest BCUT2D eigenvalue weighted by Gasteiger charge is -2.21. The molecular weight excluding hydrogens is 350 g/mol. The zero-order valence-corrected chi connectivity index (χ0v) is 16.3. The summed E-state index contributed by atoms with van der Waals surface area (Å²) in [7, 11) is -3.17. The molecule has 7 nitrogen and oxygen atoms in total. The highest BCUT2D eigenvalue weighted by molar-refractivity contribution is 7.89. The van der Waals surface area contributed by atoms with Crippen molar-refractivity contribution in [3.05, 3.63) is 29.8 Å². The molecule has 0 fully saturated rings. The van der Waals surface area contributed by atoms with Crippen LogP contribution in [0.15, 0.2) is 29.2 Å². The van der Waals surface area contributed by atoms with Crippen molar-refractivity contribution in [1.29, 1.82) is 0 Å². The first-order chi connectivity index (χ1) is 11.0. The normalized spacial score (nSPS) is 12.9. The van der Waals surface area contributed by atoms with Crippen molar-refractivity contribution in [2.24, 2.45) is 0 Å². The molecule has 0 bridgehead atoms. The number of benzene rings is 1. The third kappa shape index (κ3) is 7.27. The van der Waals surface area contributed by atoms with Crippen LogP contribution in [0.2, 0.25) is 0 Å². The zero-order valence-electron chi connectivity index (χ0n) is 14.7. The van der Waals surface area contributed by atoms with Crippen molar-refractivity contribution in [2.75, 3.05) is 46.5 Å². The molecule has 138 valence electrons. The van der Waals surface area contributed by atoms with E-state index in [0.29, 0.717) is 13.0 Å². The van der Waals surface area contributed by atoms with Gasteiger partial charge in [-0.1, -0.05) is 17.7 Å². The summed E-state index contributed by atoms with van der Waals surface area (Å²) in [5.74, 6) is 0. The number of hydrogen-bond acceptors (Lipinski definition) is 5. The van der Waals surface area contributed by atoms with E-state index in [1.165, 1.54) is 16.4 Å². The van der Waals surface area contributed by atoms with Crippen LogP contribution in [-0.2, 0) is 20.0 Å². The predicted octanol–water partition coefficient (Wildman–Crippen LogP) is 0.487. The second kappa shape index (κ2) is 8.91. The first-order valence-electron chi connectivity index (χ1n) is 7.68. The van der Waals surface area contributed by atoms with Gasteiger partial charge in [0.2, 0.25) is 20.0 Å². The van der Waals surface area contributed by atoms with Crippen LogP contribution in [0, 0.1) is 6.92 Å². The quantitative estimate of drug-likeness (QED) is 0.641. The van der Waals surface area contributed by atoms with Crippen molar-refractivity contribution < 1.29 is 16.8 Å². The Morgan fingerprint density at radius 3 is 2.04 bits per heavy atom. The van der Waals surface area contributed by atoms with Crippen LogP contribution < -0.4 is 4.72 Å². The third-order valence-electron chi connectivity index (χ3n) is 3.47. The molecule has 0 spiro atoms. The first-order valence-corrected chi connectivity index (χ1v) is 11.0. The van der Waals surface area contributed by atoms with Gasteiger partial charge in [-0.25, -0.2) is 25.9 Å². The second-order valence-corrected chi connectivity index (χ2v) is 9.78. The Balaban J connectivity index is 2.62. The highest BCUT2D eigenvalue weighted by Crippen LogP contribution is 2.09. The summed E-state index contributed by atoms with van der Waals surface area (Å²) in [5, 5.41) is 0. The van der Waals surface area contributed by atoms with E-state index in [2.05, 4.69) is 4.72 Å². The van der Waals surface area contributed by atoms with Crippen LogP contribution in [0.3, 0.4) is 0 Å². The number of sulfonamides is 2. The van der Waals surface area contributed by atoms with E-state index in [-0.39, 0.29) is 18.0 Å². The van der Waals surface area contributed by atoms with Crippen molar-refractivity contribution in [3.8, 4) is 0 Å². The van der Waals surface area contributed by atoms with Crippen LogP contribution in [0.1, 0.15) is 12.0 Å². The van der Waals surface area contributed by atoms with Crippen LogP contribution in [0.4, 0.5) is 0 Å². The Bertz CT molecular complexity index is 714. The van der Waals surface area contributed by atoms with Gasteiger partial charge in [0, 0.05) is 19.6 Å². The fraction of sp³-hybridized carbons (Fsp3) is 0.600. The molecule has 0 aliphatic heterocycles. The van der Waals surface area contributed by atoms with E-state index < -0.39 is 20.0 Å². The Morgan fingerprint density at radius 2 is 1.54 bits per heavy atom. The molecule has 1 aromatic carbocycles. The molecular formula is C15H27N3O4S2. The molecule has 1 aromatic rings. The van der Waals surface area contributed by atoms with Crippen molar-refractivity contribution in [2.45, 2.75) is 18.2 Å². The molecule has 24 heavy (non-hydrogen) atoms. The third-order valence-corrected chi connectivity index (χ3v) is 6.25. The summed E-state index contributed by atoms with van der Waals surface area (Å²) >= 11 is 0. The minimum atomic E-state index is -3.63. The molecule has 0 saturated carbocycles. The van der Waals surface area contributed by atoms with Crippen LogP contribution >= 0.6 is 0 Å². The summed E-state index contributed by atoms with van der Waals surface area (Å²) in [4.78, 5) is 2.15. The summed E-state index contributed by atoms with van der Waals surface area (Å²) < 4.78 is 51.7. The summed E-state index contributed by atoms with van der Waals surface area (Å²) in [6.45, 7) is 3.15. The van der Waals surface area contributed by atoms with Crippen LogP contribution in [-0.4, -0.2) is 72.6 Å². The summed E-state index contributed by atoms with van der Waals surface area (Å²) in [5.41, 5.74) is 0.970. The van der Waals surface area contributed by atoms with Crippen molar-refractivity contribution in [3.63, 3.8) is 0 Å². The summed E-state index contributed by atoms with van der Waals surface area (Å²) in [6.07, 6.45) is 1.82. The number of rotatable bonds is 10. The lowest BCUT2D eigenvalue weighted by Crippen LogP contribution is -2.39. The van der Waals surface area contributed by atoms with Gasteiger partial charge >= 0.3 is 0 Å². The molecule has 0 saturated heterocycles. The van der Waals surface area contributed by atoms with Crippen molar-refractivity contribution >= 4 is 20.0 Å². The maximum atomic E-state index is 12.2. The van der Waals surface area contributed by atoms with E-state index in [1.807, 2.05) is 25.9 Å². The molecule has 1 rings (SSSR count). The van der Waals surface area contributed by atoms with E-state index in [4.69, 9.17) is 0 Å². The molecule has 0 radical (unpaired) electrons. The fourth-order valence-corrected chi connectivity index (χ4v) is 4.02. The minimum Gasteiger partial charge on any atom is -0.309 e. The minimum absolute atomic E-state index is 0.0330. The Hall–Kier alpha value is -1.00. The number of aryl methyl sites for hydroxylation is 1. The van der Waals surface area contributed by atoms with Crippen LogP contribution in [0.25, 0.3) is 0 Å². The Morgan fingerprint density at radius 1 is 0.958 bits per heavy atom. The highest BCUT2D eigenvalue weighted by Gasteiger charge is 2.18. The largest absolute Gasteiger partial charge is 0.309 e. The molecule has 9 heteroatoms. The smallest absolute Gasteiger partial charge is 0.240 e. The van der Waals surface area contributed by atoms with Gasteiger partial charge in [-0.15, -0.1) is 0 Å². The van der Waals surface area contributed by atoms with Gasteiger partial charge in [0.05, 0.1) is 11.2 Å². The average Bonchev–Trinajstić information content (AvgIpc) is 2.44. The standard InChI is InChI=1S/C15H27N3O4S2/c1-14-6-8-15(9-7-14)24(21,22)16-10-13-18(23(4,19)20)12-5-11-17(2)3/h6-9,16H,5,10-13H2,1-4H3. The zero-order chi connectivity index (χ0) is 18.4. The first kappa shape index (κ1) is 21.0. The lowest BCUT2D eigenvalue weighted by molar-refractivity contribution is 0.352. The van der Waals surface area contributed by atoms with Crippen LogP contribution in [0.5, 0.6) is 0 Å². The van der Waals surface area contributed by atoms with E-state index in [0.717, 1.165) is 18.4 Å². The number of nitrogens with one attached hydrogen (secondary N) is 1. The topological polar surface area (TPSA) is 86.8 Å². The van der Waals surface area contributed by atoms with E-state index >= 15 is 0 Å².